The molecule has 5 nitrogen and oxygen atoms in total. The van der Waals surface area contributed by atoms with Crippen molar-refractivity contribution in [1.29, 1.82) is 0 Å². The molecule has 2 aromatic carbocycles. The van der Waals surface area contributed by atoms with Gasteiger partial charge >= 0.3 is 0 Å². The largest absolute Gasteiger partial charge is 0.378 e. The summed E-state index contributed by atoms with van der Waals surface area (Å²) in [6.07, 6.45) is 1.62. The molecule has 0 saturated carbocycles. The van der Waals surface area contributed by atoms with Crippen LogP contribution < -0.4 is 10.2 Å². The maximum absolute atomic E-state index is 5.46. The van der Waals surface area contributed by atoms with Gasteiger partial charge in [-0.15, -0.1) is 11.3 Å². The molecule has 0 atom stereocenters. The van der Waals surface area contributed by atoms with E-state index in [1.165, 1.54) is 21.7 Å². The molecule has 5 rings (SSSR count). The van der Waals surface area contributed by atoms with Crippen molar-refractivity contribution in [2.24, 2.45) is 0 Å². The van der Waals surface area contributed by atoms with E-state index in [1.807, 2.05) is 0 Å². The molecule has 4 aromatic rings. The quantitative estimate of drug-likeness (QED) is 0.505. The molecule has 29 heavy (non-hydrogen) atoms. The topological polar surface area (TPSA) is 50.3 Å². The normalized spacial score (nSPS) is 14.3. The van der Waals surface area contributed by atoms with Gasteiger partial charge in [-0.25, -0.2) is 9.97 Å². The number of rotatable bonds is 4. The van der Waals surface area contributed by atoms with E-state index in [2.05, 4.69) is 81.0 Å². The smallest absolute Gasteiger partial charge is 0.141 e. The van der Waals surface area contributed by atoms with Crippen LogP contribution in [0.3, 0.4) is 0 Å². The fraction of sp³-hybridized carbons (Fsp3) is 0.217. The van der Waals surface area contributed by atoms with Crippen molar-refractivity contribution in [1.82, 2.24) is 9.97 Å². The number of benzene rings is 2. The lowest BCUT2D eigenvalue weighted by Gasteiger charge is -2.29. The molecule has 1 saturated heterocycles. The summed E-state index contributed by atoms with van der Waals surface area (Å²) in [5, 5.41) is 6.65. The second kappa shape index (κ2) is 7.81. The molecule has 3 heterocycles. The van der Waals surface area contributed by atoms with Crippen LogP contribution >= 0.6 is 11.3 Å². The Bertz CT molecular complexity index is 1140. The van der Waals surface area contributed by atoms with Gasteiger partial charge in [0.15, 0.2) is 0 Å². The van der Waals surface area contributed by atoms with Crippen LogP contribution in [0.1, 0.15) is 5.56 Å². The van der Waals surface area contributed by atoms with E-state index < -0.39 is 0 Å². The first-order valence-electron chi connectivity index (χ1n) is 9.77. The Morgan fingerprint density at radius 2 is 1.93 bits per heavy atom. The summed E-state index contributed by atoms with van der Waals surface area (Å²) in [7, 11) is 0. The number of ether oxygens (including phenoxy) is 1. The van der Waals surface area contributed by atoms with Crippen LogP contribution in [-0.2, 0) is 4.74 Å². The van der Waals surface area contributed by atoms with Gasteiger partial charge in [-0.05, 0) is 59.8 Å². The molecule has 1 aliphatic heterocycles. The molecule has 0 spiro atoms. The number of nitrogens with zero attached hydrogens (tertiary/aromatic N) is 3. The monoisotopic (exact) mass is 402 g/mol. The highest BCUT2D eigenvalue weighted by molar-refractivity contribution is 7.13. The van der Waals surface area contributed by atoms with Gasteiger partial charge in [0.2, 0.25) is 0 Å². The molecule has 1 N–H and O–H groups in total. The third-order valence-corrected chi connectivity index (χ3v) is 6.20. The van der Waals surface area contributed by atoms with Crippen LogP contribution in [0.5, 0.6) is 0 Å². The van der Waals surface area contributed by atoms with Crippen molar-refractivity contribution in [2.45, 2.75) is 6.92 Å². The van der Waals surface area contributed by atoms with E-state index in [0.717, 1.165) is 48.7 Å². The summed E-state index contributed by atoms with van der Waals surface area (Å²) < 4.78 is 5.46. The molecule has 6 heteroatoms. The van der Waals surface area contributed by atoms with Gasteiger partial charge in [-0.1, -0.05) is 12.1 Å². The van der Waals surface area contributed by atoms with Crippen LogP contribution in [0.4, 0.5) is 17.2 Å². The Morgan fingerprint density at radius 3 is 2.72 bits per heavy atom. The number of thiophene rings is 1. The molecular weight excluding hydrogens is 380 g/mol. The molecule has 2 aromatic heterocycles. The summed E-state index contributed by atoms with van der Waals surface area (Å²) in [5.41, 5.74) is 5.61. The molecular formula is C23H22N4OS. The number of aromatic nitrogens is 2. The van der Waals surface area contributed by atoms with E-state index in [9.17, 15) is 0 Å². The predicted molar refractivity (Wildman–Crippen MR) is 120 cm³/mol. The van der Waals surface area contributed by atoms with Crippen LogP contribution in [-0.4, -0.2) is 36.3 Å². The van der Waals surface area contributed by atoms with Gasteiger partial charge in [0.25, 0.3) is 0 Å². The first kappa shape index (κ1) is 18.1. The van der Waals surface area contributed by atoms with Crippen LogP contribution in [0.25, 0.3) is 21.3 Å². The van der Waals surface area contributed by atoms with Crippen molar-refractivity contribution < 1.29 is 4.74 Å². The molecule has 0 aliphatic carbocycles. The minimum atomic E-state index is 0.790. The van der Waals surface area contributed by atoms with Crippen LogP contribution in [0.2, 0.25) is 0 Å². The second-order valence-corrected chi connectivity index (χ2v) is 8.10. The van der Waals surface area contributed by atoms with E-state index in [4.69, 9.17) is 4.74 Å². The Kier molecular flexibility index (Phi) is 4.87. The fourth-order valence-electron chi connectivity index (χ4n) is 3.69. The summed E-state index contributed by atoms with van der Waals surface area (Å²) in [6, 6.07) is 17.1. The van der Waals surface area contributed by atoms with Crippen LogP contribution in [0, 0.1) is 6.92 Å². The molecule has 1 fully saturated rings. The average Bonchev–Trinajstić information content (AvgIpc) is 3.31. The summed E-state index contributed by atoms with van der Waals surface area (Å²) in [4.78, 5) is 12.6. The Morgan fingerprint density at radius 1 is 1.03 bits per heavy atom. The molecule has 0 amide bonds. The van der Waals surface area contributed by atoms with Crippen molar-refractivity contribution in [3.8, 4) is 10.4 Å². The van der Waals surface area contributed by atoms with Crippen molar-refractivity contribution in [3.05, 3.63) is 65.8 Å². The number of hydrogen-bond donors (Lipinski definition) is 1. The zero-order chi connectivity index (χ0) is 19.6. The lowest BCUT2D eigenvalue weighted by molar-refractivity contribution is 0.122. The van der Waals surface area contributed by atoms with E-state index in [0.29, 0.717) is 0 Å². The Hall–Kier alpha value is -2.96. The molecule has 0 bridgehead atoms. The summed E-state index contributed by atoms with van der Waals surface area (Å²) in [6.45, 7) is 5.59. The minimum absolute atomic E-state index is 0.790. The minimum Gasteiger partial charge on any atom is -0.378 e. The van der Waals surface area contributed by atoms with Gasteiger partial charge < -0.3 is 15.0 Å². The fourth-order valence-corrected chi connectivity index (χ4v) is 4.41. The summed E-state index contributed by atoms with van der Waals surface area (Å²) in [5.74, 6) is 0.829. The van der Waals surface area contributed by atoms with Gasteiger partial charge in [0, 0.05) is 34.7 Å². The highest BCUT2D eigenvalue weighted by Gasteiger charge is 2.13. The summed E-state index contributed by atoms with van der Waals surface area (Å²) >= 11 is 1.74. The zero-order valence-electron chi connectivity index (χ0n) is 16.3. The lowest BCUT2D eigenvalue weighted by atomic mass is 10.1. The first-order chi connectivity index (χ1) is 14.3. The molecule has 0 radical (unpaired) electrons. The molecule has 0 unspecified atom stereocenters. The standard InChI is InChI=1S/C23H22N4OS/c1-16-13-18(27-8-10-28-11-9-27)5-7-20(16)26-23-19-14-17(22-3-2-12-29-22)4-6-21(19)24-15-25-23/h2-7,12-15H,8-11H2,1H3,(H,24,25,26). The zero-order valence-corrected chi connectivity index (χ0v) is 17.1. The Balaban J connectivity index is 1.47. The SMILES string of the molecule is Cc1cc(N2CCOCC2)ccc1Nc1ncnc2ccc(-c3cccs3)cc12. The highest BCUT2D eigenvalue weighted by atomic mass is 32.1. The Labute approximate surface area is 174 Å². The number of morpholine rings is 1. The predicted octanol–water partition coefficient (Wildman–Crippen LogP) is 5.25. The van der Waals surface area contributed by atoms with Crippen LogP contribution in [0.15, 0.2) is 60.2 Å². The van der Waals surface area contributed by atoms with Gasteiger partial charge in [-0.3, -0.25) is 0 Å². The number of fused-ring (bicyclic) bond motifs is 1. The van der Waals surface area contributed by atoms with E-state index >= 15 is 0 Å². The van der Waals surface area contributed by atoms with E-state index in [-0.39, 0.29) is 0 Å². The van der Waals surface area contributed by atoms with E-state index in [1.54, 1.807) is 17.7 Å². The van der Waals surface area contributed by atoms with Gasteiger partial charge in [-0.2, -0.15) is 0 Å². The number of anilines is 3. The number of hydrogen-bond acceptors (Lipinski definition) is 6. The number of aryl methyl sites for hydroxylation is 1. The van der Waals surface area contributed by atoms with Crippen molar-refractivity contribution in [3.63, 3.8) is 0 Å². The molecule has 1 aliphatic rings. The van der Waals surface area contributed by atoms with Crippen molar-refractivity contribution >= 4 is 39.4 Å². The average molecular weight is 403 g/mol. The highest BCUT2D eigenvalue weighted by Crippen LogP contribution is 2.32. The second-order valence-electron chi connectivity index (χ2n) is 7.16. The van der Waals surface area contributed by atoms with Crippen molar-refractivity contribution in [2.75, 3.05) is 36.5 Å². The maximum Gasteiger partial charge on any atom is 0.141 e. The number of nitrogens with one attached hydrogen (secondary N) is 1. The lowest BCUT2D eigenvalue weighted by Crippen LogP contribution is -2.36. The first-order valence-corrected chi connectivity index (χ1v) is 10.6. The van der Waals surface area contributed by atoms with Gasteiger partial charge in [0.1, 0.15) is 12.1 Å². The third kappa shape index (κ3) is 3.69. The van der Waals surface area contributed by atoms with Gasteiger partial charge in [0.05, 0.1) is 18.7 Å². The third-order valence-electron chi connectivity index (χ3n) is 5.28. The molecule has 146 valence electrons. The maximum atomic E-state index is 5.46.